The molecular formula is C12H14N4O3S. The van der Waals surface area contributed by atoms with Gasteiger partial charge in [-0.1, -0.05) is 23.5 Å². The lowest BCUT2D eigenvalue weighted by Crippen LogP contribution is -2.35. The Hall–Kier alpha value is -2.35. The highest BCUT2D eigenvalue weighted by Crippen LogP contribution is 2.14. The van der Waals surface area contributed by atoms with Crippen molar-refractivity contribution in [2.45, 2.75) is 0 Å². The van der Waals surface area contributed by atoms with E-state index in [4.69, 9.17) is 0 Å². The minimum Gasteiger partial charge on any atom is -0.453 e. The standard InChI is InChI=1S/C12H14N4O3S/c1-16-8-5-3-4-6-9(8)20-11(16)15-14-10(17)7-13-12(18)19-2/h3-6H,7H2,1-2H3,(H,13,18)(H,14,17)/b15-11+. The molecule has 0 unspecified atom stereocenters. The third kappa shape index (κ3) is 3.15. The van der Waals surface area contributed by atoms with E-state index in [-0.39, 0.29) is 6.54 Å². The third-order valence-corrected chi connectivity index (χ3v) is 3.68. The lowest BCUT2D eigenvalue weighted by molar-refractivity contribution is -0.120. The first-order valence-corrected chi connectivity index (χ1v) is 6.62. The van der Waals surface area contributed by atoms with Crippen LogP contribution in [-0.2, 0) is 16.6 Å². The predicted molar refractivity (Wildman–Crippen MR) is 74.9 cm³/mol. The minimum atomic E-state index is -0.660. The van der Waals surface area contributed by atoms with Gasteiger partial charge in [0.05, 0.1) is 17.3 Å². The Morgan fingerprint density at radius 3 is 2.85 bits per heavy atom. The van der Waals surface area contributed by atoms with Crippen LogP contribution in [0.3, 0.4) is 0 Å². The predicted octanol–water partition coefficient (Wildman–Crippen LogP) is 0.528. The van der Waals surface area contributed by atoms with Crippen molar-refractivity contribution in [3.05, 3.63) is 29.1 Å². The quantitative estimate of drug-likeness (QED) is 0.810. The van der Waals surface area contributed by atoms with Crippen molar-refractivity contribution in [1.82, 2.24) is 15.3 Å². The largest absolute Gasteiger partial charge is 0.453 e. The molecule has 2 N–H and O–H groups in total. The summed E-state index contributed by atoms with van der Waals surface area (Å²) in [5, 5.41) is 6.31. The fraction of sp³-hybridized carbons (Fsp3) is 0.250. The zero-order valence-electron chi connectivity index (χ0n) is 11.0. The van der Waals surface area contributed by atoms with E-state index in [0.29, 0.717) is 4.80 Å². The van der Waals surface area contributed by atoms with Gasteiger partial charge in [0, 0.05) is 7.05 Å². The maximum atomic E-state index is 11.5. The second kappa shape index (κ2) is 6.20. The van der Waals surface area contributed by atoms with Crippen LogP contribution >= 0.6 is 11.3 Å². The van der Waals surface area contributed by atoms with Crippen LogP contribution in [-0.4, -0.2) is 30.2 Å². The van der Waals surface area contributed by atoms with Gasteiger partial charge < -0.3 is 14.6 Å². The molecule has 2 aromatic rings. The van der Waals surface area contributed by atoms with E-state index in [2.05, 4.69) is 20.6 Å². The second-order valence-corrected chi connectivity index (χ2v) is 4.91. The molecule has 0 fully saturated rings. The summed E-state index contributed by atoms with van der Waals surface area (Å²) in [6.07, 6.45) is -0.660. The second-order valence-electron chi connectivity index (χ2n) is 3.90. The van der Waals surface area contributed by atoms with E-state index >= 15 is 0 Å². The summed E-state index contributed by atoms with van der Waals surface area (Å²) in [4.78, 5) is 23.0. The fourth-order valence-corrected chi connectivity index (χ4v) is 2.54. The van der Waals surface area contributed by atoms with Crippen LogP contribution in [0.1, 0.15) is 0 Å². The van der Waals surface area contributed by atoms with E-state index in [1.165, 1.54) is 18.4 Å². The number of hydrogen-bond donors (Lipinski definition) is 2. The normalized spacial score (nSPS) is 11.4. The van der Waals surface area contributed by atoms with E-state index in [1.54, 1.807) is 0 Å². The zero-order valence-corrected chi connectivity index (χ0v) is 11.9. The molecule has 7 nitrogen and oxygen atoms in total. The third-order valence-electron chi connectivity index (χ3n) is 2.57. The van der Waals surface area contributed by atoms with Crippen molar-refractivity contribution in [3.63, 3.8) is 0 Å². The van der Waals surface area contributed by atoms with Gasteiger partial charge in [-0.2, -0.15) is 0 Å². The van der Waals surface area contributed by atoms with E-state index in [1.807, 2.05) is 35.9 Å². The van der Waals surface area contributed by atoms with Gasteiger partial charge in [0.2, 0.25) is 4.80 Å². The minimum absolute atomic E-state index is 0.190. The van der Waals surface area contributed by atoms with Crippen molar-refractivity contribution in [2.75, 3.05) is 13.7 Å². The Morgan fingerprint density at radius 1 is 1.40 bits per heavy atom. The van der Waals surface area contributed by atoms with Gasteiger partial charge in [-0.25, -0.2) is 10.2 Å². The van der Waals surface area contributed by atoms with Crippen molar-refractivity contribution in [2.24, 2.45) is 12.1 Å². The van der Waals surface area contributed by atoms with Gasteiger partial charge in [0.25, 0.3) is 5.91 Å². The van der Waals surface area contributed by atoms with Gasteiger partial charge in [0.15, 0.2) is 0 Å². The van der Waals surface area contributed by atoms with Gasteiger partial charge in [-0.15, -0.1) is 5.10 Å². The molecule has 1 heterocycles. The molecule has 106 valence electrons. The smallest absolute Gasteiger partial charge is 0.407 e. The summed E-state index contributed by atoms with van der Waals surface area (Å²) < 4.78 is 7.32. The number of alkyl carbamates (subject to hydrolysis) is 1. The number of nitrogens with one attached hydrogen (secondary N) is 2. The number of thiazole rings is 1. The number of carbonyl (C=O) groups excluding carboxylic acids is 2. The number of aromatic nitrogens is 1. The Labute approximate surface area is 118 Å². The Bertz CT molecular complexity index is 704. The molecule has 0 saturated carbocycles. The summed E-state index contributed by atoms with van der Waals surface area (Å²) >= 11 is 1.46. The number of rotatable bonds is 3. The van der Waals surface area contributed by atoms with E-state index in [0.717, 1.165) is 10.2 Å². The fourth-order valence-electron chi connectivity index (χ4n) is 1.56. The molecule has 0 spiro atoms. The van der Waals surface area contributed by atoms with Crippen molar-refractivity contribution < 1.29 is 14.3 Å². The highest BCUT2D eigenvalue weighted by atomic mass is 32.1. The van der Waals surface area contributed by atoms with Crippen LogP contribution < -0.4 is 15.5 Å². The zero-order chi connectivity index (χ0) is 14.5. The van der Waals surface area contributed by atoms with E-state index in [9.17, 15) is 9.59 Å². The molecule has 8 heteroatoms. The van der Waals surface area contributed by atoms with Crippen LogP contribution in [0.15, 0.2) is 29.4 Å². The van der Waals surface area contributed by atoms with Gasteiger partial charge >= 0.3 is 6.09 Å². The van der Waals surface area contributed by atoms with Gasteiger partial charge in [0.1, 0.15) is 6.54 Å². The first-order chi connectivity index (χ1) is 9.61. The molecule has 0 aliphatic carbocycles. The van der Waals surface area contributed by atoms with Crippen molar-refractivity contribution >= 4 is 33.6 Å². The number of fused-ring (bicyclic) bond motifs is 1. The van der Waals surface area contributed by atoms with Crippen LogP contribution in [0.2, 0.25) is 0 Å². The topological polar surface area (TPSA) is 84.7 Å². The molecule has 0 aliphatic rings. The SMILES string of the molecule is COC(=O)NCC(=O)N/N=c1/sc2ccccc2n1C. The maximum absolute atomic E-state index is 11.5. The lowest BCUT2D eigenvalue weighted by atomic mass is 10.3. The molecule has 0 atom stereocenters. The summed E-state index contributed by atoms with van der Waals surface area (Å²) in [5.41, 5.74) is 3.43. The molecule has 0 radical (unpaired) electrons. The molecule has 0 aliphatic heterocycles. The number of benzene rings is 1. The van der Waals surface area contributed by atoms with Crippen LogP contribution in [0.4, 0.5) is 4.79 Å². The Kier molecular flexibility index (Phi) is 4.36. The molecule has 2 rings (SSSR count). The van der Waals surface area contributed by atoms with Gasteiger partial charge in [-0.05, 0) is 12.1 Å². The number of para-hydroxylation sites is 1. The molecule has 1 aromatic carbocycles. The van der Waals surface area contributed by atoms with Crippen LogP contribution in [0, 0.1) is 0 Å². The van der Waals surface area contributed by atoms with Crippen molar-refractivity contribution in [1.29, 1.82) is 0 Å². The Morgan fingerprint density at radius 2 is 2.15 bits per heavy atom. The molecule has 20 heavy (non-hydrogen) atoms. The summed E-state index contributed by atoms with van der Waals surface area (Å²) in [7, 11) is 3.10. The number of nitrogens with zero attached hydrogens (tertiary/aromatic N) is 2. The summed E-state index contributed by atoms with van der Waals surface area (Å²) in [6, 6.07) is 7.85. The summed E-state index contributed by atoms with van der Waals surface area (Å²) in [5.74, 6) is -0.423. The average molecular weight is 294 g/mol. The molecule has 0 bridgehead atoms. The van der Waals surface area contributed by atoms with Crippen LogP contribution in [0.25, 0.3) is 10.2 Å². The number of amides is 2. The number of aryl methyl sites for hydroxylation is 1. The number of hydrogen-bond acceptors (Lipinski definition) is 5. The number of ether oxygens (including phenoxy) is 1. The lowest BCUT2D eigenvalue weighted by Gasteiger charge is -2.01. The number of carbonyl (C=O) groups is 2. The van der Waals surface area contributed by atoms with Crippen LogP contribution in [0.5, 0.6) is 0 Å². The first kappa shape index (κ1) is 14.1. The molecule has 2 amide bonds. The molecule has 0 saturated heterocycles. The van der Waals surface area contributed by atoms with Gasteiger partial charge in [-0.3, -0.25) is 4.79 Å². The summed E-state index contributed by atoms with van der Waals surface area (Å²) in [6.45, 7) is -0.190. The highest BCUT2D eigenvalue weighted by molar-refractivity contribution is 7.16. The van der Waals surface area contributed by atoms with E-state index < -0.39 is 12.0 Å². The molecular weight excluding hydrogens is 280 g/mol. The maximum Gasteiger partial charge on any atom is 0.407 e. The first-order valence-electron chi connectivity index (χ1n) is 5.80. The molecule has 1 aromatic heterocycles. The number of methoxy groups -OCH3 is 1. The average Bonchev–Trinajstić information content (AvgIpc) is 2.79. The Balaban J connectivity index is 2.08. The highest BCUT2D eigenvalue weighted by Gasteiger charge is 2.05. The monoisotopic (exact) mass is 294 g/mol. The van der Waals surface area contributed by atoms with Crippen molar-refractivity contribution in [3.8, 4) is 0 Å².